The van der Waals surface area contributed by atoms with Crippen LogP contribution in [-0.2, 0) is 11.3 Å². The number of benzene rings is 1. The maximum Gasteiger partial charge on any atom is 0.240 e. The fraction of sp³-hybridized carbons (Fsp3) is 0.611. The summed E-state index contributed by atoms with van der Waals surface area (Å²) in [4.78, 5) is 16.9. The Balaban J connectivity index is 1.41. The molecule has 1 atom stereocenters. The maximum atomic E-state index is 12.4. The number of carbonyl (C=O) groups is 1. The summed E-state index contributed by atoms with van der Waals surface area (Å²) in [6.45, 7) is 3.97. The predicted molar refractivity (Wildman–Crippen MR) is 96.3 cm³/mol. The minimum atomic E-state index is 0.0531. The normalized spacial score (nSPS) is 22.7. The van der Waals surface area contributed by atoms with Gasteiger partial charge in [0.15, 0.2) is 0 Å². The molecule has 2 aliphatic rings. The number of hydrogen-bond acceptors (Lipinski definition) is 4. The summed E-state index contributed by atoms with van der Waals surface area (Å²) in [5, 5.41) is 3.29. The summed E-state index contributed by atoms with van der Waals surface area (Å²) < 4.78 is 0. The molecule has 1 amide bonds. The molecule has 3 rings (SSSR count). The largest absolute Gasteiger partial charge is 0.341 e. The first kappa shape index (κ1) is 16.8. The van der Waals surface area contributed by atoms with Gasteiger partial charge in [0.25, 0.3) is 0 Å². The lowest BCUT2D eigenvalue weighted by atomic mass is 9.95. The van der Waals surface area contributed by atoms with Gasteiger partial charge in [0.2, 0.25) is 5.91 Å². The van der Waals surface area contributed by atoms with Gasteiger partial charge in [-0.3, -0.25) is 10.1 Å². The van der Waals surface area contributed by atoms with E-state index in [4.69, 9.17) is 0 Å². The van der Waals surface area contributed by atoms with Crippen LogP contribution in [0.25, 0.3) is 0 Å². The summed E-state index contributed by atoms with van der Waals surface area (Å²) in [6.07, 6.45) is 2.26. The van der Waals surface area contributed by atoms with Crippen LogP contribution in [0.5, 0.6) is 0 Å². The first-order valence-electron chi connectivity index (χ1n) is 8.55. The van der Waals surface area contributed by atoms with Crippen molar-refractivity contribution in [2.24, 2.45) is 5.92 Å². The molecule has 0 spiro atoms. The predicted octanol–water partition coefficient (Wildman–Crippen LogP) is 2.02. The minimum absolute atomic E-state index is 0.0531. The Morgan fingerprint density at radius 2 is 2.04 bits per heavy atom. The van der Waals surface area contributed by atoms with Crippen molar-refractivity contribution in [1.82, 2.24) is 15.1 Å². The zero-order valence-electron chi connectivity index (χ0n) is 13.9. The van der Waals surface area contributed by atoms with Crippen LogP contribution in [0.15, 0.2) is 30.3 Å². The molecule has 0 bridgehead atoms. The van der Waals surface area contributed by atoms with Gasteiger partial charge in [0, 0.05) is 37.8 Å². The van der Waals surface area contributed by atoms with E-state index >= 15 is 0 Å². The van der Waals surface area contributed by atoms with Gasteiger partial charge >= 0.3 is 0 Å². The van der Waals surface area contributed by atoms with Crippen LogP contribution in [0.1, 0.15) is 18.4 Å². The van der Waals surface area contributed by atoms with E-state index in [0.29, 0.717) is 11.8 Å². The molecular weight excluding hydrogens is 306 g/mol. The Morgan fingerprint density at radius 1 is 1.30 bits per heavy atom. The third kappa shape index (κ3) is 4.72. The third-order valence-electron chi connectivity index (χ3n) is 4.81. The average Bonchev–Trinajstić information content (AvgIpc) is 3.10. The first-order chi connectivity index (χ1) is 11.2. The molecule has 1 aromatic carbocycles. The van der Waals surface area contributed by atoms with Gasteiger partial charge < -0.3 is 9.80 Å². The smallest absolute Gasteiger partial charge is 0.240 e. The molecule has 0 radical (unpaired) electrons. The number of piperidine rings is 1. The van der Waals surface area contributed by atoms with Crippen molar-refractivity contribution in [3.63, 3.8) is 0 Å². The van der Waals surface area contributed by atoms with E-state index in [-0.39, 0.29) is 6.04 Å². The Bertz CT molecular complexity index is 496. The van der Waals surface area contributed by atoms with Crippen LogP contribution < -0.4 is 5.32 Å². The second-order valence-electron chi connectivity index (χ2n) is 6.72. The molecule has 2 heterocycles. The quantitative estimate of drug-likeness (QED) is 0.894. The Hall–Kier alpha value is -1.04. The van der Waals surface area contributed by atoms with Crippen molar-refractivity contribution >= 4 is 17.7 Å². The third-order valence-corrected chi connectivity index (χ3v) is 5.75. The second kappa shape index (κ2) is 8.18. The highest BCUT2D eigenvalue weighted by atomic mass is 32.2. The molecule has 0 aliphatic carbocycles. The number of carbonyl (C=O) groups excluding carboxylic acids is 1. The molecule has 23 heavy (non-hydrogen) atoms. The van der Waals surface area contributed by atoms with Crippen molar-refractivity contribution in [1.29, 1.82) is 0 Å². The van der Waals surface area contributed by atoms with Crippen molar-refractivity contribution < 1.29 is 4.79 Å². The van der Waals surface area contributed by atoms with Crippen molar-refractivity contribution in [2.75, 3.05) is 38.3 Å². The van der Waals surface area contributed by atoms with Gasteiger partial charge in [-0.2, -0.15) is 0 Å². The molecule has 5 heteroatoms. The number of nitrogens with zero attached hydrogens (tertiary/aromatic N) is 2. The van der Waals surface area contributed by atoms with Crippen LogP contribution in [-0.4, -0.2) is 60.1 Å². The van der Waals surface area contributed by atoms with E-state index in [2.05, 4.69) is 52.5 Å². The fourth-order valence-corrected chi connectivity index (χ4v) is 4.44. The van der Waals surface area contributed by atoms with Crippen molar-refractivity contribution in [3.05, 3.63) is 35.9 Å². The number of thioether (sulfide) groups is 1. The molecule has 1 unspecified atom stereocenters. The molecule has 0 saturated carbocycles. The molecule has 126 valence electrons. The van der Waals surface area contributed by atoms with Gasteiger partial charge in [0.05, 0.1) is 6.04 Å². The number of amides is 1. The van der Waals surface area contributed by atoms with Crippen molar-refractivity contribution in [3.8, 4) is 0 Å². The van der Waals surface area contributed by atoms with Gasteiger partial charge in [-0.15, -0.1) is 11.8 Å². The zero-order valence-corrected chi connectivity index (χ0v) is 14.7. The Labute approximate surface area is 143 Å². The minimum Gasteiger partial charge on any atom is -0.341 e. The highest BCUT2D eigenvalue weighted by Crippen LogP contribution is 2.21. The van der Waals surface area contributed by atoms with Gasteiger partial charge in [-0.05, 0) is 31.4 Å². The van der Waals surface area contributed by atoms with E-state index in [1.54, 1.807) is 0 Å². The molecule has 2 saturated heterocycles. The van der Waals surface area contributed by atoms with E-state index in [1.807, 2.05) is 11.8 Å². The van der Waals surface area contributed by atoms with Crippen LogP contribution in [0.2, 0.25) is 0 Å². The topological polar surface area (TPSA) is 35.6 Å². The SMILES string of the molecule is CN(Cc1ccccc1)CC1CCN(C(=O)C2CSCN2)CC1. The maximum absolute atomic E-state index is 12.4. The average molecular weight is 334 g/mol. The van der Waals surface area contributed by atoms with Crippen molar-refractivity contribution in [2.45, 2.75) is 25.4 Å². The number of hydrogen-bond donors (Lipinski definition) is 1. The van der Waals surface area contributed by atoms with Crippen LogP contribution in [0.3, 0.4) is 0 Å². The molecule has 2 fully saturated rings. The van der Waals surface area contributed by atoms with E-state index in [9.17, 15) is 4.79 Å². The van der Waals surface area contributed by atoms with Gasteiger partial charge in [-0.25, -0.2) is 0 Å². The zero-order chi connectivity index (χ0) is 16.1. The first-order valence-corrected chi connectivity index (χ1v) is 9.70. The molecule has 1 aromatic rings. The Kier molecular flexibility index (Phi) is 5.97. The molecule has 0 aromatic heterocycles. The summed E-state index contributed by atoms with van der Waals surface area (Å²) in [5.74, 6) is 2.86. The number of likely N-dealkylation sites (tertiary alicyclic amines) is 1. The fourth-order valence-electron chi connectivity index (χ4n) is 3.51. The lowest BCUT2D eigenvalue weighted by molar-refractivity contribution is -0.134. The molecular formula is C18H27N3OS. The Morgan fingerprint density at radius 3 is 2.70 bits per heavy atom. The van der Waals surface area contributed by atoms with Crippen LogP contribution in [0.4, 0.5) is 0 Å². The second-order valence-corrected chi connectivity index (χ2v) is 7.75. The van der Waals surface area contributed by atoms with Crippen LogP contribution >= 0.6 is 11.8 Å². The number of rotatable bonds is 5. The number of nitrogens with one attached hydrogen (secondary N) is 1. The molecule has 4 nitrogen and oxygen atoms in total. The van der Waals surface area contributed by atoms with Gasteiger partial charge in [0.1, 0.15) is 0 Å². The highest BCUT2D eigenvalue weighted by molar-refractivity contribution is 7.99. The van der Waals surface area contributed by atoms with E-state index in [1.165, 1.54) is 5.56 Å². The monoisotopic (exact) mass is 333 g/mol. The highest BCUT2D eigenvalue weighted by Gasteiger charge is 2.30. The lowest BCUT2D eigenvalue weighted by Gasteiger charge is -2.35. The van der Waals surface area contributed by atoms with E-state index in [0.717, 1.165) is 50.7 Å². The standard InChI is InChI=1S/C18H27N3OS/c1-20(11-15-5-3-2-4-6-15)12-16-7-9-21(10-8-16)18(22)17-13-23-14-19-17/h2-6,16-17,19H,7-14H2,1H3. The van der Waals surface area contributed by atoms with Crippen LogP contribution in [0, 0.1) is 5.92 Å². The molecule has 2 aliphatic heterocycles. The lowest BCUT2D eigenvalue weighted by Crippen LogP contribution is -2.48. The van der Waals surface area contributed by atoms with Gasteiger partial charge in [-0.1, -0.05) is 30.3 Å². The summed E-state index contributed by atoms with van der Waals surface area (Å²) in [5.41, 5.74) is 1.37. The molecule has 1 N–H and O–H groups in total. The van der Waals surface area contributed by atoms with E-state index < -0.39 is 0 Å². The summed E-state index contributed by atoms with van der Waals surface area (Å²) in [6, 6.07) is 10.7. The summed E-state index contributed by atoms with van der Waals surface area (Å²) in [7, 11) is 2.20. The summed E-state index contributed by atoms with van der Waals surface area (Å²) >= 11 is 1.82.